The van der Waals surface area contributed by atoms with E-state index in [1.165, 1.54) is 18.6 Å². The van der Waals surface area contributed by atoms with Gasteiger partial charge in [0.1, 0.15) is 5.60 Å². The molecule has 31 heavy (non-hydrogen) atoms. The summed E-state index contributed by atoms with van der Waals surface area (Å²) in [6, 6.07) is 0. The third-order valence-corrected chi connectivity index (χ3v) is 8.83. The summed E-state index contributed by atoms with van der Waals surface area (Å²) >= 11 is 0. The molecule has 4 aliphatic carbocycles. The maximum absolute atomic E-state index is 13.2. The molecule has 1 heterocycles. The number of aliphatic hydroxyl groups is 2. The van der Waals surface area contributed by atoms with Crippen LogP contribution >= 0.6 is 0 Å². The minimum atomic E-state index is -1.59. The van der Waals surface area contributed by atoms with Crippen molar-refractivity contribution in [3.8, 4) is 0 Å². The van der Waals surface area contributed by atoms with Gasteiger partial charge in [0.2, 0.25) is 0 Å². The number of allylic oxidation sites excluding steroid dienone is 4. The molecule has 5 rings (SSSR count). The van der Waals surface area contributed by atoms with Crippen LogP contribution in [-0.2, 0) is 9.59 Å². The van der Waals surface area contributed by atoms with Crippen LogP contribution in [0.4, 0.5) is 5.82 Å². The Bertz CT molecular complexity index is 992. The van der Waals surface area contributed by atoms with Gasteiger partial charge in [0.15, 0.2) is 11.6 Å². The summed E-state index contributed by atoms with van der Waals surface area (Å²) < 4.78 is 0. The van der Waals surface area contributed by atoms with E-state index in [9.17, 15) is 19.8 Å². The average molecular weight is 424 g/mol. The van der Waals surface area contributed by atoms with Gasteiger partial charge in [-0.15, -0.1) is 0 Å². The highest BCUT2D eigenvalue weighted by Gasteiger charge is 2.68. The maximum Gasteiger partial charge on any atom is 0.258 e. The summed E-state index contributed by atoms with van der Waals surface area (Å²) in [5, 5.41) is 25.8. The van der Waals surface area contributed by atoms with Crippen LogP contribution in [0, 0.1) is 28.6 Å². The third kappa shape index (κ3) is 2.79. The zero-order valence-electron chi connectivity index (χ0n) is 17.9. The number of fused-ring (bicyclic) bond motifs is 5. The van der Waals surface area contributed by atoms with Crippen molar-refractivity contribution in [1.82, 2.24) is 9.97 Å². The number of carbonyl (C=O) groups is 2. The van der Waals surface area contributed by atoms with Gasteiger partial charge in [-0.3, -0.25) is 14.6 Å². The first kappa shape index (κ1) is 20.5. The summed E-state index contributed by atoms with van der Waals surface area (Å²) in [5.41, 5.74) is -1.60. The van der Waals surface area contributed by atoms with Crippen molar-refractivity contribution in [3.05, 3.63) is 42.4 Å². The third-order valence-electron chi connectivity index (χ3n) is 8.83. The molecule has 164 valence electrons. The molecule has 0 radical (unpaired) electrons. The molecule has 0 bridgehead atoms. The predicted octanol–water partition coefficient (Wildman–Crippen LogP) is 2.42. The Kier molecular flexibility index (Phi) is 4.51. The molecule has 3 N–H and O–H groups in total. The molecule has 7 atom stereocenters. The van der Waals surface area contributed by atoms with Crippen molar-refractivity contribution in [2.75, 3.05) is 5.32 Å². The van der Waals surface area contributed by atoms with E-state index in [1.54, 1.807) is 12.2 Å². The van der Waals surface area contributed by atoms with E-state index in [4.69, 9.17) is 0 Å². The lowest BCUT2D eigenvalue weighted by atomic mass is 9.46. The monoisotopic (exact) mass is 423 g/mol. The van der Waals surface area contributed by atoms with Gasteiger partial charge in [-0.25, -0.2) is 4.98 Å². The number of ketones is 1. The summed E-state index contributed by atoms with van der Waals surface area (Å²) in [5.74, 6) is 0.0981. The number of aliphatic hydroxyl groups excluding tert-OH is 1. The molecule has 1 aromatic rings. The van der Waals surface area contributed by atoms with Gasteiger partial charge >= 0.3 is 0 Å². The molecule has 0 spiro atoms. The standard InChI is InChI=1S/C24H29N3O4/c1-22-7-5-15(28)11-14(22)3-4-16-17-6-8-24(31,23(17,2)12-18(29)20(16)22)21(30)27-19-13-25-9-10-26-19/h5,7,9-11,13,16-18,20,29,31H,3-4,6,8,12H2,1-2H3,(H,26,27,30)/t16?,17?,18?,20?,22?,23?,24-/m0/s1. The summed E-state index contributed by atoms with van der Waals surface area (Å²) in [6.45, 7) is 4.07. The molecule has 6 unspecified atom stereocenters. The molecule has 7 nitrogen and oxygen atoms in total. The number of aromatic nitrogens is 2. The molecule has 4 aliphatic rings. The second-order valence-corrected chi connectivity index (χ2v) is 10.2. The molecule has 0 saturated heterocycles. The molecular formula is C24H29N3O4. The number of carbonyl (C=O) groups excluding carboxylic acids is 2. The summed E-state index contributed by atoms with van der Waals surface area (Å²) in [4.78, 5) is 33.2. The molecule has 3 saturated carbocycles. The van der Waals surface area contributed by atoms with Crippen LogP contribution in [0.15, 0.2) is 42.4 Å². The SMILES string of the molecule is CC12C=CC(=O)C=C1CCC1C2C(O)CC2(C)C1CC[C@]2(O)C(=O)Nc1cnccn1. The van der Waals surface area contributed by atoms with Crippen LogP contribution in [-0.4, -0.2) is 43.6 Å². The number of nitrogens with zero attached hydrogens (tertiary/aromatic N) is 2. The van der Waals surface area contributed by atoms with E-state index in [-0.39, 0.29) is 29.0 Å². The number of nitrogens with one attached hydrogen (secondary N) is 1. The second-order valence-electron chi connectivity index (χ2n) is 10.2. The maximum atomic E-state index is 13.2. The minimum absolute atomic E-state index is 0.0111. The Morgan fingerprint density at radius 1 is 1.26 bits per heavy atom. The van der Waals surface area contributed by atoms with E-state index in [1.807, 2.05) is 13.0 Å². The van der Waals surface area contributed by atoms with Crippen molar-refractivity contribution < 1.29 is 19.8 Å². The fourth-order valence-corrected chi connectivity index (χ4v) is 7.29. The van der Waals surface area contributed by atoms with E-state index in [0.717, 1.165) is 24.8 Å². The smallest absolute Gasteiger partial charge is 0.258 e. The highest BCUT2D eigenvalue weighted by molar-refractivity contribution is 6.01. The van der Waals surface area contributed by atoms with E-state index in [0.29, 0.717) is 18.7 Å². The van der Waals surface area contributed by atoms with Crippen LogP contribution in [0.3, 0.4) is 0 Å². The second kappa shape index (κ2) is 6.81. The fourth-order valence-electron chi connectivity index (χ4n) is 7.29. The Labute approximate surface area is 181 Å². The van der Waals surface area contributed by atoms with Gasteiger partial charge in [-0.2, -0.15) is 0 Å². The number of amides is 1. The van der Waals surface area contributed by atoms with E-state index < -0.39 is 23.0 Å². The first-order valence-corrected chi connectivity index (χ1v) is 11.1. The Morgan fingerprint density at radius 3 is 2.81 bits per heavy atom. The van der Waals surface area contributed by atoms with E-state index in [2.05, 4.69) is 22.2 Å². The lowest BCUT2D eigenvalue weighted by Gasteiger charge is -2.59. The highest BCUT2D eigenvalue weighted by atomic mass is 16.3. The van der Waals surface area contributed by atoms with Gasteiger partial charge in [-0.1, -0.05) is 25.5 Å². The average Bonchev–Trinajstić information content (AvgIpc) is 3.00. The van der Waals surface area contributed by atoms with Crippen molar-refractivity contribution >= 4 is 17.5 Å². The minimum Gasteiger partial charge on any atom is -0.393 e. The largest absolute Gasteiger partial charge is 0.393 e. The zero-order chi connectivity index (χ0) is 22.0. The summed E-state index contributed by atoms with van der Waals surface area (Å²) in [7, 11) is 0. The quantitative estimate of drug-likeness (QED) is 0.673. The predicted molar refractivity (Wildman–Crippen MR) is 114 cm³/mol. The molecule has 1 aromatic heterocycles. The topological polar surface area (TPSA) is 112 Å². The van der Waals surface area contributed by atoms with Crippen LogP contribution in [0.5, 0.6) is 0 Å². The highest BCUT2D eigenvalue weighted by Crippen LogP contribution is 2.67. The fraction of sp³-hybridized carbons (Fsp3) is 0.583. The number of hydrogen-bond acceptors (Lipinski definition) is 6. The van der Waals surface area contributed by atoms with Gasteiger partial charge in [0, 0.05) is 29.1 Å². The van der Waals surface area contributed by atoms with Gasteiger partial charge in [0.05, 0.1) is 12.3 Å². The lowest BCUT2D eigenvalue weighted by Crippen LogP contribution is -2.62. The lowest BCUT2D eigenvalue weighted by molar-refractivity contribution is -0.174. The van der Waals surface area contributed by atoms with Gasteiger partial charge in [-0.05, 0) is 56.1 Å². The number of anilines is 1. The van der Waals surface area contributed by atoms with Crippen LogP contribution in [0.1, 0.15) is 46.0 Å². The first-order chi connectivity index (χ1) is 14.7. The van der Waals surface area contributed by atoms with Crippen molar-refractivity contribution in [2.24, 2.45) is 28.6 Å². The Hall–Kier alpha value is -2.38. The molecule has 0 aromatic carbocycles. The van der Waals surface area contributed by atoms with Gasteiger partial charge < -0.3 is 15.5 Å². The molecule has 0 aliphatic heterocycles. The number of rotatable bonds is 2. The molecular weight excluding hydrogens is 394 g/mol. The van der Waals surface area contributed by atoms with Crippen molar-refractivity contribution in [2.45, 2.75) is 57.7 Å². The van der Waals surface area contributed by atoms with Crippen LogP contribution in [0.2, 0.25) is 0 Å². The number of hydrogen-bond donors (Lipinski definition) is 3. The van der Waals surface area contributed by atoms with Crippen molar-refractivity contribution in [1.29, 1.82) is 0 Å². The molecule has 3 fully saturated rings. The molecule has 7 heteroatoms. The van der Waals surface area contributed by atoms with E-state index >= 15 is 0 Å². The Morgan fingerprint density at radius 2 is 2.06 bits per heavy atom. The Balaban J connectivity index is 1.47. The first-order valence-electron chi connectivity index (χ1n) is 11.1. The molecule has 1 amide bonds. The summed E-state index contributed by atoms with van der Waals surface area (Å²) in [6.07, 6.45) is 12.2. The van der Waals surface area contributed by atoms with Crippen LogP contribution in [0.25, 0.3) is 0 Å². The van der Waals surface area contributed by atoms with Crippen LogP contribution < -0.4 is 5.32 Å². The van der Waals surface area contributed by atoms with Crippen molar-refractivity contribution in [3.63, 3.8) is 0 Å². The van der Waals surface area contributed by atoms with Gasteiger partial charge in [0.25, 0.3) is 5.91 Å². The zero-order valence-corrected chi connectivity index (χ0v) is 17.9. The normalized spacial score (nSPS) is 43.5.